The first-order valence-corrected chi connectivity index (χ1v) is 8.60. The highest BCUT2D eigenvalue weighted by molar-refractivity contribution is 6.00. The lowest BCUT2D eigenvalue weighted by atomic mass is 10.1. The first-order chi connectivity index (χ1) is 13.2. The normalized spacial score (nSPS) is 12.7. The number of fused-ring (bicyclic) bond motifs is 1. The van der Waals surface area contributed by atoms with E-state index in [0.29, 0.717) is 5.56 Å². The molecule has 27 heavy (non-hydrogen) atoms. The predicted molar refractivity (Wildman–Crippen MR) is 105 cm³/mol. The summed E-state index contributed by atoms with van der Waals surface area (Å²) in [5, 5.41) is 6.69. The van der Waals surface area contributed by atoms with Gasteiger partial charge in [-0.3, -0.25) is 4.79 Å². The number of hydrogen-bond acceptors (Lipinski definition) is 5. The maximum Gasteiger partial charge on any atom is 0.231 e. The third kappa shape index (κ3) is 3.53. The van der Waals surface area contributed by atoms with E-state index in [1.54, 1.807) is 12.1 Å². The zero-order valence-corrected chi connectivity index (χ0v) is 14.8. The largest absolute Gasteiger partial charge is 0.454 e. The molecule has 1 aliphatic heterocycles. The van der Waals surface area contributed by atoms with Crippen LogP contribution in [0.4, 0.5) is 11.4 Å². The van der Waals surface area contributed by atoms with Crippen molar-refractivity contribution < 1.29 is 14.3 Å². The zero-order valence-electron chi connectivity index (χ0n) is 14.8. The molecule has 3 aromatic rings. The number of hydrazone groups is 1. The summed E-state index contributed by atoms with van der Waals surface area (Å²) in [7, 11) is 0. The molecule has 0 saturated heterocycles. The van der Waals surface area contributed by atoms with E-state index >= 15 is 0 Å². The molecule has 1 aliphatic rings. The Hall–Kier alpha value is -3.60. The van der Waals surface area contributed by atoms with Crippen molar-refractivity contribution in [3.8, 4) is 11.5 Å². The molecule has 0 fully saturated rings. The van der Waals surface area contributed by atoms with E-state index < -0.39 is 0 Å². The number of carbonyl (C=O) groups is 1. The van der Waals surface area contributed by atoms with Crippen LogP contribution in [0.2, 0.25) is 0 Å². The molecule has 0 amide bonds. The summed E-state index contributed by atoms with van der Waals surface area (Å²) in [6.07, 6.45) is 0.831. The smallest absolute Gasteiger partial charge is 0.231 e. The minimum atomic E-state index is 0.244. The lowest BCUT2D eigenvalue weighted by Gasteiger charge is -2.21. The van der Waals surface area contributed by atoms with Crippen LogP contribution in [0.15, 0.2) is 77.9 Å². The summed E-state index contributed by atoms with van der Waals surface area (Å²) in [5.41, 5.74) is 4.20. The van der Waals surface area contributed by atoms with Gasteiger partial charge in [0.1, 0.15) is 6.29 Å². The van der Waals surface area contributed by atoms with Gasteiger partial charge in [0, 0.05) is 11.1 Å². The molecule has 0 atom stereocenters. The van der Waals surface area contributed by atoms with Gasteiger partial charge in [0.15, 0.2) is 11.5 Å². The van der Waals surface area contributed by atoms with Gasteiger partial charge >= 0.3 is 0 Å². The minimum Gasteiger partial charge on any atom is -0.454 e. The quantitative estimate of drug-likeness (QED) is 0.374. The summed E-state index contributed by atoms with van der Waals surface area (Å²) in [5.74, 6) is 1.47. The van der Waals surface area contributed by atoms with Crippen molar-refractivity contribution >= 4 is 23.4 Å². The Kier molecular flexibility index (Phi) is 4.58. The van der Waals surface area contributed by atoms with Gasteiger partial charge < -0.3 is 9.47 Å². The molecular weight excluding hydrogens is 340 g/mol. The molecule has 1 heterocycles. The Bertz CT molecular complexity index is 982. The van der Waals surface area contributed by atoms with Crippen molar-refractivity contribution in [3.63, 3.8) is 0 Å². The van der Waals surface area contributed by atoms with Crippen molar-refractivity contribution in [1.29, 1.82) is 0 Å². The van der Waals surface area contributed by atoms with Crippen molar-refractivity contribution in [2.45, 2.75) is 6.92 Å². The van der Waals surface area contributed by atoms with Crippen LogP contribution in [-0.2, 0) is 0 Å². The van der Waals surface area contributed by atoms with Crippen molar-refractivity contribution in [1.82, 2.24) is 0 Å². The monoisotopic (exact) mass is 358 g/mol. The maximum atomic E-state index is 11.0. The lowest BCUT2D eigenvalue weighted by Crippen LogP contribution is -2.12. The van der Waals surface area contributed by atoms with Crippen molar-refractivity contribution in [3.05, 3.63) is 83.9 Å². The van der Waals surface area contributed by atoms with E-state index in [9.17, 15) is 4.79 Å². The van der Waals surface area contributed by atoms with Crippen LogP contribution in [0, 0.1) is 0 Å². The van der Waals surface area contributed by atoms with E-state index in [0.717, 1.165) is 40.4 Å². The molecule has 5 nitrogen and oxygen atoms in total. The summed E-state index contributed by atoms with van der Waals surface area (Å²) in [6.45, 7) is 2.20. The van der Waals surface area contributed by atoms with Crippen LogP contribution in [0.3, 0.4) is 0 Å². The highest BCUT2D eigenvalue weighted by Gasteiger charge is 2.15. The van der Waals surface area contributed by atoms with Crippen LogP contribution in [0.1, 0.15) is 22.8 Å². The second kappa shape index (κ2) is 7.33. The first-order valence-electron chi connectivity index (χ1n) is 8.60. The van der Waals surface area contributed by atoms with Gasteiger partial charge in [-0.15, -0.1) is 0 Å². The summed E-state index contributed by atoms with van der Waals surface area (Å²) in [4.78, 5) is 11.0. The molecule has 0 N–H and O–H groups in total. The molecule has 0 aliphatic carbocycles. The summed E-state index contributed by atoms with van der Waals surface area (Å²) < 4.78 is 10.8. The Morgan fingerprint density at radius 2 is 1.63 bits per heavy atom. The molecule has 0 radical (unpaired) electrons. The Morgan fingerprint density at radius 3 is 2.37 bits per heavy atom. The number of hydrogen-bond donors (Lipinski definition) is 0. The van der Waals surface area contributed by atoms with E-state index in [1.807, 2.05) is 72.6 Å². The number of ether oxygens (including phenoxy) is 2. The van der Waals surface area contributed by atoms with E-state index in [-0.39, 0.29) is 6.79 Å². The minimum absolute atomic E-state index is 0.244. The Labute approximate surface area is 157 Å². The number of benzene rings is 3. The number of anilines is 2. The Balaban J connectivity index is 1.73. The van der Waals surface area contributed by atoms with Gasteiger partial charge in [-0.2, -0.15) is 5.10 Å². The molecule has 5 heteroatoms. The average Bonchev–Trinajstić information content (AvgIpc) is 3.20. The van der Waals surface area contributed by atoms with Crippen LogP contribution in [0.25, 0.3) is 0 Å². The third-order valence-corrected chi connectivity index (χ3v) is 4.31. The molecule has 0 unspecified atom stereocenters. The van der Waals surface area contributed by atoms with Crippen LogP contribution in [0.5, 0.6) is 11.5 Å². The molecular formula is C22H18N2O3. The number of aldehydes is 1. The van der Waals surface area contributed by atoms with Gasteiger partial charge in [0.25, 0.3) is 0 Å². The van der Waals surface area contributed by atoms with Crippen LogP contribution in [-0.4, -0.2) is 18.8 Å². The maximum absolute atomic E-state index is 11.0. The number of rotatable bonds is 5. The van der Waals surface area contributed by atoms with Gasteiger partial charge in [0.2, 0.25) is 6.79 Å². The molecule has 0 aromatic heterocycles. The van der Waals surface area contributed by atoms with Gasteiger partial charge in [-0.25, -0.2) is 5.01 Å². The van der Waals surface area contributed by atoms with E-state index in [4.69, 9.17) is 14.6 Å². The zero-order chi connectivity index (χ0) is 18.6. The van der Waals surface area contributed by atoms with Crippen molar-refractivity contribution in [2.75, 3.05) is 11.8 Å². The fourth-order valence-corrected chi connectivity index (χ4v) is 2.86. The molecule has 0 saturated carbocycles. The molecule has 4 rings (SSSR count). The van der Waals surface area contributed by atoms with Crippen LogP contribution < -0.4 is 14.5 Å². The van der Waals surface area contributed by atoms with Crippen LogP contribution >= 0.6 is 0 Å². The second-order valence-corrected chi connectivity index (χ2v) is 6.11. The van der Waals surface area contributed by atoms with Gasteiger partial charge in [-0.05, 0) is 61.5 Å². The van der Waals surface area contributed by atoms with Gasteiger partial charge in [0.05, 0.1) is 17.1 Å². The average molecular weight is 358 g/mol. The predicted octanol–water partition coefficient (Wildman–Crippen LogP) is 4.79. The molecule has 0 bridgehead atoms. The van der Waals surface area contributed by atoms with E-state index in [1.165, 1.54) is 0 Å². The topological polar surface area (TPSA) is 51.1 Å². The Morgan fingerprint density at radius 1 is 0.926 bits per heavy atom. The molecule has 0 spiro atoms. The standard InChI is InChI=1S/C22H18N2O3/c1-16(18-9-12-21-22(13-18)27-15-26-21)23-24(19-5-3-2-4-6-19)20-10-7-17(14-25)8-11-20/h2-14H,15H2,1H3. The SMILES string of the molecule is CC(=NN(c1ccccc1)c1ccc(C=O)cc1)c1ccc2c(c1)OCO2. The highest BCUT2D eigenvalue weighted by atomic mass is 16.7. The molecule has 134 valence electrons. The number of carbonyl (C=O) groups excluding carboxylic acids is 1. The number of para-hydroxylation sites is 1. The molecule has 3 aromatic carbocycles. The summed E-state index contributed by atoms with van der Waals surface area (Å²) in [6, 6.07) is 23.0. The fourth-order valence-electron chi connectivity index (χ4n) is 2.86. The fraction of sp³-hybridized carbons (Fsp3) is 0.0909. The number of nitrogens with zero attached hydrogens (tertiary/aromatic N) is 2. The summed E-state index contributed by atoms with van der Waals surface area (Å²) >= 11 is 0. The first kappa shape index (κ1) is 16.8. The second-order valence-electron chi connectivity index (χ2n) is 6.11. The van der Waals surface area contributed by atoms with E-state index in [2.05, 4.69) is 0 Å². The van der Waals surface area contributed by atoms with Crippen molar-refractivity contribution in [2.24, 2.45) is 5.10 Å². The van der Waals surface area contributed by atoms with Gasteiger partial charge in [-0.1, -0.05) is 18.2 Å². The lowest BCUT2D eigenvalue weighted by molar-refractivity contribution is 0.112. The third-order valence-electron chi connectivity index (χ3n) is 4.31. The highest BCUT2D eigenvalue weighted by Crippen LogP contribution is 2.33.